The summed E-state index contributed by atoms with van der Waals surface area (Å²) in [5.41, 5.74) is 1.73. The highest BCUT2D eigenvalue weighted by Crippen LogP contribution is 2.18. The average molecular weight is 154 g/mol. The van der Waals surface area contributed by atoms with Gasteiger partial charge in [-0.05, 0) is 6.92 Å². The van der Waals surface area contributed by atoms with Gasteiger partial charge in [-0.1, -0.05) is 0 Å². The second-order valence-corrected chi connectivity index (χ2v) is 3.24. The Morgan fingerprint density at radius 2 is 2.30 bits per heavy atom. The topological polar surface area (TPSA) is 48.6 Å². The van der Waals surface area contributed by atoms with Crippen LogP contribution in [0.3, 0.4) is 0 Å². The maximum absolute atomic E-state index is 10.7. The Kier molecular flexibility index (Phi) is 0.990. The highest BCUT2D eigenvalue weighted by Gasteiger charge is 2.01. The number of hydrogen-bond donors (Lipinski definition) is 2. The molecule has 0 fully saturated rings. The molecule has 0 radical (unpaired) electrons. The van der Waals surface area contributed by atoms with Crippen molar-refractivity contribution >= 4 is 22.4 Å². The molecule has 0 amide bonds. The molecular weight excluding hydrogens is 148 g/mol. The summed E-state index contributed by atoms with van der Waals surface area (Å²) in [6.07, 6.45) is 0. The lowest BCUT2D eigenvalue weighted by Crippen LogP contribution is -1.99. The van der Waals surface area contributed by atoms with Crippen molar-refractivity contribution in [2.75, 3.05) is 0 Å². The zero-order chi connectivity index (χ0) is 7.14. The van der Waals surface area contributed by atoms with E-state index in [1.807, 2.05) is 12.3 Å². The summed E-state index contributed by atoms with van der Waals surface area (Å²) in [5, 5.41) is 1.93. The Labute approximate surface area is 60.7 Å². The molecule has 0 aromatic carbocycles. The Balaban J connectivity index is 3.03. The second-order valence-electron chi connectivity index (χ2n) is 2.16. The highest BCUT2D eigenvalue weighted by atomic mass is 32.1. The lowest BCUT2D eigenvalue weighted by molar-refractivity contribution is 1.21. The predicted molar refractivity (Wildman–Crippen MR) is 41.5 cm³/mol. The van der Waals surface area contributed by atoms with Crippen molar-refractivity contribution in [3.05, 3.63) is 20.7 Å². The Hall–Kier alpha value is -1.03. The fourth-order valence-electron chi connectivity index (χ4n) is 0.969. The molecule has 2 aromatic heterocycles. The van der Waals surface area contributed by atoms with Gasteiger partial charge < -0.3 is 9.97 Å². The molecule has 3 nitrogen and oxygen atoms in total. The molecule has 2 aromatic rings. The van der Waals surface area contributed by atoms with Gasteiger partial charge in [0.1, 0.15) is 0 Å². The van der Waals surface area contributed by atoms with Crippen LogP contribution in [0.25, 0.3) is 11.0 Å². The van der Waals surface area contributed by atoms with Gasteiger partial charge in [-0.15, -0.1) is 11.3 Å². The fourth-order valence-corrected chi connectivity index (χ4v) is 1.72. The van der Waals surface area contributed by atoms with Crippen molar-refractivity contribution in [2.24, 2.45) is 0 Å². The first-order chi connectivity index (χ1) is 4.77. The van der Waals surface area contributed by atoms with Crippen LogP contribution in [-0.4, -0.2) is 9.97 Å². The summed E-state index contributed by atoms with van der Waals surface area (Å²) in [4.78, 5) is 17.2. The van der Waals surface area contributed by atoms with Gasteiger partial charge in [-0.2, -0.15) is 0 Å². The van der Waals surface area contributed by atoms with Gasteiger partial charge in [0.15, 0.2) is 0 Å². The number of nitrogens with one attached hydrogen (secondary N) is 2. The Bertz CT molecular complexity index is 408. The largest absolute Gasteiger partial charge is 0.323 e. The van der Waals surface area contributed by atoms with Crippen LogP contribution in [0.2, 0.25) is 0 Å². The molecule has 0 atom stereocenters. The quantitative estimate of drug-likeness (QED) is 0.589. The number of hydrogen-bond acceptors (Lipinski definition) is 2. The minimum Gasteiger partial charge on any atom is -0.305 e. The molecule has 0 bridgehead atoms. The van der Waals surface area contributed by atoms with Crippen molar-refractivity contribution in [2.45, 2.75) is 6.92 Å². The number of aromatic amines is 2. The standard InChI is InChI=1S/C6H6N2OS/c1-3-5-4(2-10-3)7-6(9)8-5/h2H,1H3,(H2,7,8,9). The van der Waals surface area contributed by atoms with E-state index in [2.05, 4.69) is 9.97 Å². The smallest absolute Gasteiger partial charge is 0.305 e. The fraction of sp³-hybridized carbons (Fsp3) is 0.167. The van der Waals surface area contributed by atoms with E-state index < -0.39 is 0 Å². The number of aromatic nitrogens is 2. The summed E-state index contributed by atoms with van der Waals surface area (Å²) in [7, 11) is 0. The van der Waals surface area contributed by atoms with Crippen LogP contribution >= 0.6 is 11.3 Å². The first kappa shape index (κ1) is 5.73. The maximum Gasteiger partial charge on any atom is 0.323 e. The van der Waals surface area contributed by atoms with E-state index in [-0.39, 0.29) is 5.69 Å². The monoisotopic (exact) mass is 154 g/mol. The predicted octanol–water partition coefficient (Wildman–Crippen LogP) is 1.23. The third-order valence-electron chi connectivity index (χ3n) is 1.46. The SMILES string of the molecule is Cc1scc2[nH]c(=O)[nH]c12. The van der Waals surface area contributed by atoms with Crippen LogP contribution in [0.15, 0.2) is 10.2 Å². The van der Waals surface area contributed by atoms with Crippen LogP contribution in [0.5, 0.6) is 0 Å². The van der Waals surface area contributed by atoms with Gasteiger partial charge in [0.25, 0.3) is 0 Å². The van der Waals surface area contributed by atoms with Gasteiger partial charge in [-0.3, -0.25) is 0 Å². The van der Waals surface area contributed by atoms with Gasteiger partial charge in [0.2, 0.25) is 0 Å². The molecule has 0 aliphatic carbocycles. The van der Waals surface area contributed by atoms with Crippen molar-refractivity contribution in [1.29, 1.82) is 0 Å². The van der Waals surface area contributed by atoms with Gasteiger partial charge in [-0.25, -0.2) is 4.79 Å². The summed E-state index contributed by atoms with van der Waals surface area (Å²) in [6.45, 7) is 1.98. The normalized spacial score (nSPS) is 10.9. The molecule has 52 valence electrons. The minimum absolute atomic E-state index is 0.124. The van der Waals surface area contributed by atoms with E-state index in [1.165, 1.54) is 0 Å². The zero-order valence-corrected chi connectivity index (χ0v) is 6.21. The molecule has 0 unspecified atom stereocenters. The molecule has 0 saturated carbocycles. The molecule has 2 rings (SSSR count). The third-order valence-corrected chi connectivity index (χ3v) is 2.37. The maximum atomic E-state index is 10.7. The molecule has 2 N–H and O–H groups in total. The Morgan fingerprint density at radius 3 is 3.00 bits per heavy atom. The molecule has 0 spiro atoms. The number of rotatable bonds is 0. The molecule has 0 aliphatic rings. The zero-order valence-electron chi connectivity index (χ0n) is 5.39. The van der Waals surface area contributed by atoms with Crippen molar-refractivity contribution in [1.82, 2.24) is 9.97 Å². The summed E-state index contributed by atoms with van der Waals surface area (Å²) in [6, 6.07) is 0. The minimum atomic E-state index is -0.124. The summed E-state index contributed by atoms with van der Waals surface area (Å²) >= 11 is 1.63. The molecule has 10 heavy (non-hydrogen) atoms. The first-order valence-electron chi connectivity index (χ1n) is 2.93. The van der Waals surface area contributed by atoms with E-state index >= 15 is 0 Å². The van der Waals surface area contributed by atoms with Crippen LogP contribution < -0.4 is 5.69 Å². The van der Waals surface area contributed by atoms with Crippen molar-refractivity contribution in [3.8, 4) is 0 Å². The molecular formula is C6H6N2OS. The number of H-pyrrole nitrogens is 2. The molecule has 2 heterocycles. The molecule has 4 heteroatoms. The number of imidazole rings is 1. The highest BCUT2D eigenvalue weighted by molar-refractivity contribution is 7.11. The molecule has 0 saturated heterocycles. The lowest BCUT2D eigenvalue weighted by atomic mass is 10.4. The summed E-state index contributed by atoms with van der Waals surface area (Å²) < 4.78 is 0. The van der Waals surface area contributed by atoms with Crippen molar-refractivity contribution in [3.63, 3.8) is 0 Å². The van der Waals surface area contributed by atoms with Gasteiger partial charge in [0.05, 0.1) is 11.0 Å². The Morgan fingerprint density at radius 1 is 1.50 bits per heavy atom. The van der Waals surface area contributed by atoms with Gasteiger partial charge >= 0.3 is 5.69 Å². The van der Waals surface area contributed by atoms with Crippen molar-refractivity contribution < 1.29 is 0 Å². The number of thiophene rings is 1. The average Bonchev–Trinajstić information content (AvgIpc) is 2.35. The third kappa shape index (κ3) is 0.623. The molecule has 0 aliphatic heterocycles. The lowest BCUT2D eigenvalue weighted by Gasteiger charge is -1.76. The van der Waals surface area contributed by atoms with Crippen LogP contribution in [0.1, 0.15) is 4.88 Å². The second kappa shape index (κ2) is 1.73. The summed E-state index contributed by atoms with van der Waals surface area (Å²) in [5.74, 6) is 0. The van der Waals surface area contributed by atoms with E-state index in [0.717, 1.165) is 15.9 Å². The van der Waals surface area contributed by atoms with E-state index in [4.69, 9.17) is 0 Å². The van der Waals surface area contributed by atoms with E-state index in [1.54, 1.807) is 11.3 Å². The number of fused-ring (bicyclic) bond motifs is 1. The van der Waals surface area contributed by atoms with E-state index in [0.29, 0.717) is 0 Å². The van der Waals surface area contributed by atoms with E-state index in [9.17, 15) is 4.79 Å². The van der Waals surface area contributed by atoms with Crippen LogP contribution in [0, 0.1) is 6.92 Å². The van der Waals surface area contributed by atoms with Crippen LogP contribution in [-0.2, 0) is 0 Å². The number of aryl methyl sites for hydroxylation is 1. The first-order valence-corrected chi connectivity index (χ1v) is 3.81. The van der Waals surface area contributed by atoms with Gasteiger partial charge in [0, 0.05) is 10.3 Å². The van der Waals surface area contributed by atoms with Crippen LogP contribution in [0.4, 0.5) is 0 Å².